The Labute approximate surface area is 163 Å². The van der Waals surface area contributed by atoms with E-state index in [2.05, 4.69) is 50.9 Å². The first-order chi connectivity index (χ1) is 13.3. The van der Waals surface area contributed by atoms with Gasteiger partial charge in [-0.1, -0.05) is 0 Å². The lowest BCUT2D eigenvalue weighted by atomic mass is 9.89. The second-order valence-electron chi connectivity index (χ2n) is 7.05. The molecule has 1 aromatic carbocycles. The molecule has 1 spiro atoms. The van der Waals surface area contributed by atoms with Crippen molar-refractivity contribution in [1.82, 2.24) is 9.97 Å². The smallest absolute Gasteiger partial charge is 0.170 e. The maximum atomic E-state index is 5.52. The number of ether oxygens (including phenoxy) is 1. The number of pyridine rings is 1. The molecule has 0 bridgehead atoms. The Bertz CT molecular complexity index is 1210. The summed E-state index contributed by atoms with van der Waals surface area (Å²) >= 11 is 3.43. The number of hydrogen-bond donors (Lipinski definition) is 2. The molecule has 134 valence electrons. The van der Waals surface area contributed by atoms with Gasteiger partial charge in [0.15, 0.2) is 5.54 Å². The monoisotopic (exact) mass is 393 g/mol. The summed E-state index contributed by atoms with van der Waals surface area (Å²) in [5, 5.41) is 7.12. The van der Waals surface area contributed by atoms with Crippen LogP contribution < -0.4 is 10.6 Å². The van der Waals surface area contributed by atoms with E-state index >= 15 is 0 Å². The molecular weight excluding hydrogens is 376 g/mol. The number of hydrogen-bond acceptors (Lipinski definition) is 6. The number of nitrogens with two attached hydrogens (primary N) is 1. The van der Waals surface area contributed by atoms with E-state index in [9.17, 15) is 0 Å². The Morgan fingerprint density at radius 2 is 2.11 bits per heavy atom. The van der Waals surface area contributed by atoms with Gasteiger partial charge in [-0.3, -0.25) is 0 Å². The minimum Gasteiger partial charge on any atom is -0.367 e. The van der Waals surface area contributed by atoms with Gasteiger partial charge in [-0.05, 0) is 36.4 Å². The zero-order valence-electron chi connectivity index (χ0n) is 14.4. The van der Waals surface area contributed by atoms with E-state index in [4.69, 9.17) is 4.74 Å². The number of nitrogens with one attached hydrogen (secondary N) is 1. The number of thiazole rings is 1. The van der Waals surface area contributed by atoms with Gasteiger partial charge in [-0.2, -0.15) is 0 Å². The third-order valence-electron chi connectivity index (χ3n) is 5.40. The molecule has 7 heteroatoms. The lowest BCUT2D eigenvalue weighted by molar-refractivity contribution is -0.718. The van der Waals surface area contributed by atoms with Gasteiger partial charge in [0.05, 0.1) is 28.0 Å². The summed E-state index contributed by atoms with van der Waals surface area (Å²) in [6.45, 7) is 2.64. The third kappa shape index (κ3) is 2.43. The fourth-order valence-electron chi connectivity index (χ4n) is 3.93. The molecule has 1 fully saturated rings. The number of benzene rings is 1. The summed E-state index contributed by atoms with van der Waals surface area (Å²) in [5.74, 6) is 0. The second kappa shape index (κ2) is 5.84. The maximum absolute atomic E-state index is 5.52. The van der Waals surface area contributed by atoms with Crippen LogP contribution in [0.2, 0.25) is 0 Å². The number of rotatable bonds is 3. The average molecular weight is 394 g/mol. The van der Waals surface area contributed by atoms with E-state index < -0.39 is 0 Å². The van der Waals surface area contributed by atoms with Crippen LogP contribution in [0, 0.1) is 0 Å². The minimum absolute atomic E-state index is 0.129. The standard InChI is InChI=1S/C20H16N4OS2/c1-2-17-16(22-11-26-17)7-12(1)24-15-4-5-21-19-13(15)8-18(27-19)14-3-6-23-20(14)9-25-10-20/h1-5,7-8,11,23H,6,9-10H2,(H,21,24)/p+1. The zero-order chi connectivity index (χ0) is 17.8. The normalized spacial score (nSPS) is 18.1. The summed E-state index contributed by atoms with van der Waals surface area (Å²) < 4.78 is 6.72. The van der Waals surface area contributed by atoms with Crippen LogP contribution in [0.3, 0.4) is 0 Å². The Balaban J connectivity index is 1.40. The van der Waals surface area contributed by atoms with Crippen LogP contribution in [0.15, 0.2) is 48.1 Å². The maximum Gasteiger partial charge on any atom is 0.170 e. The third-order valence-corrected chi connectivity index (χ3v) is 7.28. The highest BCUT2D eigenvalue weighted by Gasteiger charge is 2.49. The van der Waals surface area contributed by atoms with E-state index in [0.29, 0.717) is 0 Å². The van der Waals surface area contributed by atoms with E-state index in [-0.39, 0.29) is 5.54 Å². The molecule has 27 heavy (non-hydrogen) atoms. The SMILES string of the molecule is C1=C(c2cc3c(Nc4ccc5scnc5c4)ccnc3s2)C2(COC2)[NH2+]C1. The van der Waals surface area contributed by atoms with Crippen LogP contribution >= 0.6 is 22.7 Å². The molecule has 3 aromatic heterocycles. The van der Waals surface area contributed by atoms with Crippen molar-refractivity contribution in [2.24, 2.45) is 0 Å². The molecule has 2 aliphatic rings. The number of anilines is 2. The van der Waals surface area contributed by atoms with Crippen molar-refractivity contribution < 1.29 is 10.1 Å². The quantitative estimate of drug-likeness (QED) is 0.560. The largest absolute Gasteiger partial charge is 0.367 e. The van der Waals surface area contributed by atoms with Gasteiger partial charge in [-0.15, -0.1) is 22.7 Å². The molecule has 0 saturated carbocycles. The van der Waals surface area contributed by atoms with Gasteiger partial charge in [0.1, 0.15) is 18.0 Å². The van der Waals surface area contributed by atoms with Crippen LogP contribution in [0.1, 0.15) is 4.88 Å². The first-order valence-electron chi connectivity index (χ1n) is 8.93. The number of fused-ring (bicyclic) bond motifs is 2. The van der Waals surface area contributed by atoms with Gasteiger partial charge >= 0.3 is 0 Å². The second-order valence-corrected chi connectivity index (χ2v) is 8.97. The highest BCUT2D eigenvalue weighted by Crippen LogP contribution is 2.40. The predicted octanol–water partition coefficient (Wildman–Crippen LogP) is 3.38. The molecule has 5 heterocycles. The molecular formula is C20H17N4OS2+. The predicted molar refractivity (Wildman–Crippen MR) is 111 cm³/mol. The van der Waals surface area contributed by atoms with Crippen molar-refractivity contribution in [2.75, 3.05) is 25.1 Å². The van der Waals surface area contributed by atoms with Gasteiger partial charge in [-0.25, -0.2) is 9.97 Å². The van der Waals surface area contributed by atoms with Crippen LogP contribution in [-0.2, 0) is 4.74 Å². The van der Waals surface area contributed by atoms with Gasteiger partial charge in [0.2, 0.25) is 0 Å². The Morgan fingerprint density at radius 3 is 3.00 bits per heavy atom. The Morgan fingerprint density at radius 1 is 1.15 bits per heavy atom. The summed E-state index contributed by atoms with van der Waals surface area (Å²) in [5.41, 5.74) is 6.58. The van der Waals surface area contributed by atoms with Gasteiger partial charge in [0, 0.05) is 27.7 Å². The number of quaternary nitrogens is 1. The highest BCUT2D eigenvalue weighted by molar-refractivity contribution is 7.19. The molecule has 6 rings (SSSR count). The van der Waals surface area contributed by atoms with Gasteiger partial charge in [0.25, 0.3) is 0 Å². The zero-order valence-corrected chi connectivity index (χ0v) is 16.1. The van der Waals surface area contributed by atoms with E-state index in [1.165, 1.54) is 20.5 Å². The lowest BCUT2D eigenvalue weighted by Gasteiger charge is -2.36. The molecule has 0 aliphatic carbocycles. The number of thiophene rings is 1. The molecule has 0 unspecified atom stereocenters. The van der Waals surface area contributed by atoms with Crippen molar-refractivity contribution in [3.63, 3.8) is 0 Å². The molecule has 0 amide bonds. The Hall–Kier alpha value is -2.32. The first-order valence-corrected chi connectivity index (χ1v) is 10.6. The van der Waals surface area contributed by atoms with E-state index in [1.807, 2.05) is 17.8 Å². The van der Waals surface area contributed by atoms with Crippen molar-refractivity contribution in [2.45, 2.75) is 5.54 Å². The van der Waals surface area contributed by atoms with Crippen molar-refractivity contribution >= 4 is 60.1 Å². The summed E-state index contributed by atoms with van der Waals surface area (Å²) in [6.07, 6.45) is 4.22. The van der Waals surface area contributed by atoms with Crippen molar-refractivity contribution in [3.05, 3.63) is 53.0 Å². The Kier molecular flexibility index (Phi) is 3.40. The summed E-state index contributed by atoms with van der Waals surface area (Å²) in [6, 6.07) is 10.6. The molecule has 2 aliphatic heterocycles. The molecule has 3 N–H and O–H groups in total. The van der Waals surface area contributed by atoms with Crippen LogP contribution in [0.5, 0.6) is 0 Å². The van der Waals surface area contributed by atoms with Crippen LogP contribution in [0.25, 0.3) is 26.0 Å². The molecule has 0 atom stereocenters. The molecule has 1 saturated heterocycles. The number of aromatic nitrogens is 2. The number of nitrogens with zero attached hydrogens (tertiary/aromatic N) is 2. The van der Waals surface area contributed by atoms with Gasteiger partial charge < -0.3 is 15.4 Å². The highest BCUT2D eigenvalue weighted by atomic mass is 32.1. The van der Waals surface area contributed by atoms with E-state index in [0.717, 1.165) is 41.5 Å². The molecule has 4 aromatic rings. The van der Waals surface area contributed by atoms with Crippen molar-refractivity contribution in [1.29, 1.82) is 0 Å². The van der Waals surface area contributed by atoms with E-state index in [1.54, 1.807) is 22.7 Å². The van der Waals surface area contributed by atoms with Crippen LogP contribution in [-0.4, -0.2) is 35.3 Å². The molecule has 0 radical (unpaired) electrons. The average Bonchev–Trinajstić information content (AvgIpc) is 3.37. The lowest BCUT2D eigenvalue weighted by Crippen LogP contribution is -2.99. The minimum atomic E-state index is 0.129. The summed E-state index contributed by atoms with van der Waals surface area (Å²) in [7, 11) is 0. The van der Waals surface area contributed by atoms with Crippen LogP contribution in [0.4, 0.5) is 11.4 Å². The summed E-state index contributed by atoms with van der Waals surface area (Å²) in [4.78, 5) is 11.4. The fourth-order valence-corrected chi connectivity index (χ4v) is 5.76. The first kappa shape index (κ1) is 15.7. The van der Waals surface area contributed by atoms with Crippen molar-refractivity contribution in [3.8, 4) is 0 Å². The fraction of sp³-hybridized carbons (Fsp3) is 0.200. The molecule has 5 nitrogen and oxygen atoms in total. The topological polar surface area (TPSA) is 63.7 Å².